The summed E-state index contributed by atoms with van der Waals surface area (Å²) in [7, 11) is 3.01. The van der Waals surface area contributed by atoms with Gasteiger partial charge in [0, 0.05) is 17.5 Å². The summed E-state index contributed by atoms with van der Waals surface area (Å²) in [6, 6.07) is 8.91. The lowest BCUT2D eigenvalue weighted by molar-refractivity contribution is -0.115. The zero-order valence-corrected chi connectivity index (χ0v) is 17.7. The molecule has 0 saturated heterocycles. The number of amides is 2. The number of hydrogen-bond acceptors (Lipinski definition) is 5. The van der Waals surface area contributed by atoms with Gasteiger partial charge in [0.05, 0.1) is 26.2 Å². The van der Waals surface area contributed by atoms with E-state index in [4.69, 9.17) is 9.47 Å². The quantitative estimate of drug-likeness (QED) is 0.550. The summed E-state index contributed by atoms with van der Waals surface area (Å²) in [4.78, 5) is 24.7. The Balaban J connectivity index is 2.01. The lowest BCUT2D eigenvalue weighted by Crippen LogP contribution is -2.22. The van der Waals surface area contributed by atoms with Crippen LogP contribution in [0.4, 0.5) is 5.69 Å². The van der Waals surface area contributed by atoms with Crippen LogP contribution in [0, 0.1) is 20.8 Å². The summed E-state index contributed by atoms with van der Waals surface area (Å²) in [5, 5.41) is 6.95. The summed E-state index contributed by atoms with van der Waals surface area (Å²) >= 11 is 0. The number of carbonyl (C=O) groups is 2. The Bertz CT molecular complexity index is 928. The molecule has 0 aliphatic heterocycles. The summed E-state index contributed by atoms with van der Waals surface area (Å²) in [5.74, 6) is 0.321. The second-order valence-corrected chi connectivity index (χ2v) is 6.85. The molecule has 0 saturated carbocycles. The van der Waals surface area contributed by atoms with E-state index in [0.717, 1.165) is 22.4 Å². The van der Waals surface area contributed by atoms with E-state index in [2.05, 4.69) is 15.8 Å². The molecule has 0 aliphatic carbocycles. The van der Waals surface area contributed by atoms with Gasteiger partial charge in [-0.1, -0.05) is 17.7 Å². The number of anilines is 1. The van der Waals surface area contributed by atoms with Crippen molar-refractivity contribution in [2.24, 2.45) is 5.10 Å². The molecule has 0 atom stereocenters. The SMILES string of the molecule is COc1ccc(C(=O)N/N=C(/C)CC(=O)Nc2c(C)cc(C)cc2C)c(OC)c1. The molecular weight excluding hydrogens is 370 g/mol. The molecule has 7 heteroatoms. The molecule has 0 bridgehead atoms. The minimum Gasteiger partial charge on any atom is -0.497 e. The van der Waals surface area contributed by atoms with Gasteiger partial charge in [-0.25, -0.2) is 5.43 Å². The number of nitrogens with one attached hydrogen (secondary N) is 2. The third-order valence-corrected chi connectivity index (χ3v) is 4.36. The maximum Gasteiger partial charge on any atom is 0.275 e. The molecule has 0 spiro atoms. The molecule has 2 aromatic rings. The molecule has 0 radical (unpaired) electrons. The third kappa shape index (κ3) is 5.81. The molecule has 7 nitrogen and oxygen atoms in total. The van der Waals surface area contributed by atoms with Crippen LogP contribution in [0.3, 0.4) is 0 Å². The number of hydrogen-bond donors (Lipinski definition) is 2. The van der Waals surface area contributed by atoms with Crippen LogP contribution < -0.4 is 20.2 Å². The van der Waals surface area contributed by atoms with E-state index in [9.17, 15) is 9.59 Å². The highest BCUT2D eigenvalue weighted by Gasteiger charge is 2.14. The number of ether oxygens (including phenoxy) is 2. The largest absolute Gasteiger partial charge is 0.497 e. The first-order valence-electron chi connectivity index (χ1n) is 9.18. The molecule has 2 N–H and O–H groups in total. The lowest BCUT2D eigenvalue weighted by Gasteiger charge is -2.13. The number of rotatable bonds is 7. The molecule has 2 amide bonds. The molecule has 29 heavy (non-hydrogen) atoms. The van der Waals surface area contributed by atoms with Crippen molar-refractivity contribution in [1.29, 1.82) is 0 Å². The zero-order valence-electron chi connectivity index (χ0n) is 17.7. The van der Waals surface area contributed by atoms with Crippen molar-refractivity contribution in [3.8, 4) is 11.5 Å². The monoisotopic (exact) mass is 397 g/mol. The summed E-state index contributed by atoms with van der Waals surface area (Å²) in [6.07, 6.45) is 0.0623. The van der Waals surface area contributed by atoms with Crippen molar-refractivity contribution < 1.29 is 19.1 Å². The third-order valence-electron chi connectivity index (χ3n) is 4.36. The van der Waals surface area contributed by atoms with E-state index < -0.39 is 5.91 Å². The second-order valence-electron chi connectivity index (χ2n) is 6.85. The van der Waals surface area contributed by atoms with E-state index in [1.165, 1.54) is 14.2 Å². The normalized spacial score (nSPS) is 11.0. The molecule has 0 heterocycles. The Morgan fingerprint density at radius 3 is 2.24 bits per heavy atom. The van der Waals surface area contributed by atoms with Crippen LogP contribution in [-0.2, 0) is 4.79 Å². The van der Waals surface area contributed by atoms with Gasteiger partial charge in [0.15, 0.2) is 0 Å². The number of hydrazone groups is 1. The van der Waals surface area contributed by atoms with Gasteiger partial charge in [0.25, 0.3) is 5.91 Å². The molecular formula is C22H27N3O4. The number of nitrogens with zero attached hydrogens (tertiary/aromatic N) is 1. The maximum atomic E-state index is 12.4. The first-order valence-corrected chi connectivity index (χ1v) is 9.18. The van der Waals surface area contributed by atoms with Crippen LogP contribution in [0.25, 0.3) is 0 Å². The Hall–Kier alpha value is -3.35. The van der Waals surface area contributed by atoms with E-state index in [-0.39, 0.29) is 12.3 Å². The lowest BCUT2D eigenvalue weighted by atomic mass is 10.0. The van der Waals surface area contributed by atoms with Crippen LogP contribution in [-0.4, -0.2) is 31.7 Å². The van der Waals surface area contributed by atoms with Crippen molar-refractivity contribution >= 4 is 23.2 Å². The van der Waals surface area contributed by atoms with E-state index in [0.29, 0.717) is 22.8 Å². The van der Waals surface area contributed by atoms with E-state index >= 15 is 0 Å². The zero-order chi connectivity index (χ0) is 21.6. The Kier molecular flexibility index (Phi) is 7.36. The van der Waals surface area contributed by atoms with Gasteiger partial charge in [-0.15, -0.1) is 0 Å². The van der Waals surface area contributed by atoms with Gasteiger partial charge in [-0.05, 0) is 51.0 Å². The van der Waals surface area contributed by atoms with Crippen LogP contribution in [0.15, 0.2) is 35.4 Å². The predicted molar refractivity (Wildman–Crippen MR) is 114 cm³/mol. The van der Waals surface area contributed by atoms with Crippen molar-refractivity contribution in [1.82, 2.24) is 5.43 Å². The minimum atomic E-state index is -0.436. The smallest absolute Gasteiger partial charge is 0.275 e. The number of methoxy groups -OCH3 is 2. The fourth-order valence-electron chi connectivity index (χ4n) is 3.03. The molecule has 2 aromatic carbocycles. The Labute approximate surface area is 171 Å². The highest BCUT2D eigenvalue weighted by Crippen LogP contribution is 2.24. The molecule has 0 aliphatic rings. The first-order chi connectivity index (χ1) is 13.7. The van der Waals surface area contributed by atoms with Gasteiger partial charge in [-0.2, -0.15) is 5.10 Å². The molecule has 154 valence electrons. The number of aryl methyl sites for hydroxylation is 3. The highest BCUT2D eigenvalue weighted by molar-refractivity contribution is 6.06. The Morgan fingerprint density at radius 1 is 1.00 bits per heavy atom. The van der Waals surface area contributed by atoms with Gasteiger partial charge < -0.3 is 14.8 Å². The first kappa shape index (κ1) is 21.9. The summed E-state index contributed by atoms with van der Waals surface area (Å²) < 4.78 is 10.3. The van der Waals surface area contributed by atoms with Gasteiger partial charge in [0.2, 0.25) is 5.91 Å². The highest BCUT2D eigenvalue weighted by atomic mass is 16.5. The predicted octanol–water partition coefficient (Wildman–Crippen LogP) is 3.76. The van der Waals surface area contributed by atoms with Gasteiger partial charge in [-0.3, -0.25) is 9.59 Å². The van der Waals surface area contributed by atoms with Crippen molar-refractivity contribution in [2.45, 2.75) is 34.1 Å². The summed E-state index contributed by atoms with van der Waals surface area (Å²) in [6.45, 7) is 7.61. The van der Waals surface area contributed by atoms with Crippen LogP contribution >= 0.6 is 0 Å². The van der Waals surface area contributed by atoms with Crippen molar-refractivity contribution in [2.75, 3.05) is 19.5 Å². The number of carbonyl (C=O) groups excluding carboxylic acids is 2. The molecule has 0 fully saturated rings. The molecule has 0 unspecified atom stereocenters. The standard InChI is InChI=1S/C22H27N3O4/c1-13-9-14(2)21(15(3)10-13)23-20(26)11-16(4)24-25-22(27)18-8-7-17(28-5)12-19(18)29-6/h7-10,12H,11H2,1-6H3,(H,23,26)(H,25,27)/b24-16-. The van der Waals surface area contributed by atoms with Crippen LogP contribution in [0.5, 0.6) is 11.5 Å². The fourth-order valence-corrected chi connectivity index (χ4v) is 3.03. The molecule has 0 aromatic heterocycles. The number of benzene rings is 2. The Morgan fingerprint density at radius 2 is 1.66 bits per heavy atom. The van der Waals surface area contributed by atoms with Gasteiger partial charge >= 0.3 is 0 Å². The molecule has 2 rings (SSSR count). The summed E-state index contributed by atoms with van der Waals surface area (Å²) in [5.41, 5.74) is 7.22. The van der Waals surface area contributed by atoms with Crippen LogP contribution in [0.1, 0.15) is 40.4 Å². The average Bonchev–Trinajstić information content (AvgIpc) is 2.68. The second kappa shape index (κ2) is 9.73. The topological polar surface area (TPSA) is 89.0 Å². The fraction of sp³-hybridized carbons (Fsp3) is 0.318. The van der Waals surface area contributed by atoms with Crippen molar-refractivity contribution in [3.05, 3.63) is 52.6 Å². The average molecular weight is 397 g/mol. The van der Waals surface area contributed by atoms with E-state index in [1.807, 2.05) is 32.9 Å². The minimum absolute atomic E-state index is 0.0623. The van der Waals surface area contributed by atoms with Crippen LogP contribution in [0.2, 0.25) is 0 Å². The maximum absolute atomic E-state index is 12.4. The van der Waals surface area contributed by atoms with Crippen molar-refractivity contribution in [3.63, 3.8) is 0 Å². The van der Waals surface area contributed by atoms with E-state index in [1.54, 1.807) is 25.1 Å². The van der Waals surface area contributed by atoms with Gasteiger partial charge in [0.1, 0.15) is 11.5 Å².